The highest BCUT2D eigenvalue weighted by molar-refractivity contribution is 7.89. The first-order chi connectivity index (χ1) is 11.4. The fourth-order valence-corrected chi connectivity index (χ4v) is 3.77. The van der Waals surface area contributed by atoms with Crippen molar-refractivity contribution in [3.05, 3.63) is 24.3 Å². The summed E-state index contributed by atoms with van der Waals surface area (Å²) < 4.78 is 31.5. The lowest BCUT2D eigenvalue weighted by atomic mass is 9.97. The Hall–Kier alpha value is -2.09. The van der Waals surface area contributed by atoms with Crippen LogP contribution in [0.1, 0.15) is 27.2 Å². The van der Waals surface area contributed by atoms with Gasteiger partial charge in [0.25, 0.3) is 10.0 Å². The first-order valence-corrected chi connectivity index (χ1v) is 9.41. The Balaban J connectivity index is 2.17. The Morgan fingerprint density at radius 2 is 1.76 bits per heavy atom. The largest absolute Gasteiger partial charge is 0.459 e. The van der Waals surface area contributed by atoms with Gasteiger partial charge in [-0.2, -0.15) is 0 Å². The summed E-state index contributed by atoms with van der Waals surface area (Å²) >= 11 is 0. The van der Waals surface area contributed by atoms with Crippen LogP contribution in [-0.2, 0) is 24.3 Å². The maximum Gasteiger partial charge on any atom is 0.311 e. The second kappa shape index (κ2) is 6.67. The molecule has 1 aromatic carbocycles. The van der Waals surface area contributed by atoms with Gasteiger partial charge in [-0.05, 0) is 45.0 Å². The van der Waals surface area contributed by atoms with Crippen LogP contribution in [0.5, 0.6) is 0 Å². The van der Waals surface area contributed by atoms with Gasteiger partial charge < -0.3 is 9.64 Å². The maximum atomic E-state index is 12.7. The Morgan fingerprint density at radius 3 is 2.24 bits per heavy atom. The van der Waals surface area contributed by atoms with E-state index < -0.39 is 33.4 Å². The summed E-state index contributed by atoms with van der Waals surface area (Å²) in [4.78, 5) is 26.0. The Labute approximate surface area is 148 Å². The summed E-state index contributed by atoms with van der Waals surface area (Å²) in [5.41, 5.74) is 0.140. The SMILES string of the molecule is CN(C)c1ccc(S(=O)(=O)N2CC(OC(=O)C(C)(C)C)CC2=O)cc1. The van der Waals surface area contributed by atoms with Crippen LogP contribution in [0.25, 0.3) is 0 Å². The predicted octanol–water partition coefficient (Wildman–Crippen LogP) is 1.63. The number of ether oxygens (including phenoxy) is 1. The number of sulfonamides is 1. The second-order valence-corrected chi connectivity index (χ2v) is 9.16. The molecule has 1 aliphatic heterocycles. The Morgan fingerprint density at radius 1 is 1.20 bits per heavy atom. The second-order valence-electron chi connectivity index (χ2n) is 7.30. The molecule has 0 radical (unpaired) electrons. The summed E-state index contributed by atoms with van der Waals surface area (Å²) in [6, 6.07) is 6.27. The van der Waals surface area contributed by atoms with Crippen LogP contribution < -0.4 is 4.90 Å². The van der Waals surface area contributed by atoms with Crippen molar-refractivity contribution in [2.75, 3.05) is 25.5 Å². The molecule has 0 N–H and O–H groups in total. The molecule has 0 aromatic heterocycles. The molecular weight excluding hydrogens is 344 g/mol. The van der Waals surface area contributed by atoms with E-state index in [4.69, 9.17) is 4.74 Å². The monoisotopic (exact) mass is 368 g/mol. The molecule has 1 amide bonds. The lowest BCUT2D eigenvalue weighted by molar-refractivity contribution is -0.157. The molecular formula is C17H24N2O5S. The molecule has 7 nitrogen and oxygen atoms in total. The van der Waals surface area contributed by atoms with E-state index in [2.05, 4.69) is 0 Å². The molecule has 1 atom stereocenters. The molecule has 1 aromatic rings. The third-order valence-electron chi connectivity index (χ3n) is 3.88. The highest BCUT2D eigenvalue weighted by atomic mass is 32.2. The minimum atomic E-state index is -3.96. The van der Waals surface area contributed by atoms with E-state index in [0.717, 1.165) is 9.99 Å². The van der Waals surface area contributed by atoms with Crippen molar-refractivity contribution in [2.45, 2.75) is 38.2 Å². The molecule has 0 saturated carbocycles. The average Bonchev–Trinajstić information content (AvgIpc) is 2.87. The van der Waals surface area contributed by atoms with Crippen molar-refractivity contribution in [3.63, 3.8) is 0 Å². The normalized spacial score (nSPS) is 18.4. The van der Waals surface area contributed by atoms with Gasteiger partial charge in [0.05, 0.1) is 23.3 Å². The summed E-state index contributed by atoms with van der Waals surface area (Å²) in [5.74, 6) is -1.02. The van der Waals surface area contributed by atoms with Crippen LogP contribution in [0, 0.1) is 5.41 Å². The lowest BCUT2D eigenvalue weighted by Gasteiger charge is -2.21. The van der Waals surface area contributed by atoms with E-state index in [1.165, 1.54) is 12.1 Å². The molecule has 0 spiro atoms. The first-order valence-electron chi connectivity index (χ1n) is 7.97. The number of nitrogens with zero attached hydrogens (tertiary/aromatic N) is 2. The third-order valence-corrected chi connectivity index (χ3v) is 5.68. The summed E-state index contributed by atoms with van der Waals surface area (Å²) in [7, 11) is -0.263. The van der Waals surface area contributed by atoms with Crippen LogP contribution >= 0.6 is 0 Å². The van der Waals surface area contributed by atoms with Crippen molar-refractivity contribution in [2.24, 2.45) is 5.41 Å². The van der Waals surface area contributed by atoms with E-state index in [9.17, 15) is 18.0 Å². The van der Waals surface area contributed by atoms with Crippen LogP contribution in [-0.4, -0.2) is 51.3 Å². The minimum absolute atomic E-state index is 0.0363. The van der Waals surface area contributed by atoms with Crippen molar-refractivity contribution in [1.29, 1.82) is 0 Å². The van der Waals surface area contributed by atoms with Gasteiger partial charge in [-0.3, -0.25) is 9.59 Å². The number of hydrogen-bond donors (Lipinski definition) is 0. The third kappa shape index (κ3) is 4.12. The molecule has 2 rings (SSSR count). The first kappa shape index (κ1) is 19.2. The molecule has 0 aliphatic carbocycles. The standard InChI is InChI=1S/C17H24N2O5S/c1-17(2,3)16(21)24-13-10-15(20)19(11-13)25(22,23)14-8-6-12(7-9-14)18(4)5/h6-9,13H,10-11H2,1-5H3. The Kier molecular flexibility index (Phi) is 5.13. The molecule has 1 heterocycles. The van der Waals surface area contributed by atoms with Crippen molar-refractivity contribution < 1.29 is 22.7 Å². The maximum absolute atomic E-state index is 12.7. The number of amides is 1. The Bertz CT molecular complexity index is 763. The van der Waals surface area contributed by atoms with Gasteiger partial charge in [0, 0.05) is 19.8 Å². The summed E-state index contributed by atoms with van der Waals surface area (Å²) in [6.07, 6.45) is -0.883. The smallest absolute Gasteiger partial charge is 0.311 e. The number of esters is 1. The zero-order chi connectivity index (χ0) is 19.0. The van der Waals surface area contributed by atoms with E-state index in [-0.39, 0.29) is 17.9 Å². The summed E-state index contributed by atoms with van der Waals surface area (Å²) in [6.45, 7) is 4.95. The van der Waals surface area contributed by atoms with Crippen LogP contribution in [0.15, 0.2) is 29.2 Å². The molecule has 1 fully saturated rings. The molecule has 25 heavy (non-hydrogen) atoms. The fourth-order valence-electron chi connectivity index (χ4n) is 2.33. The number of benzene rings is 1. The van der Waals surface area contributed by atoms with Crippen LogP contribution in [0.3, 0.4) is 0 Å². The van der Waals surface area contributed by atoms with E-state index in [1.54, 1.807) is 32.9 Å². The zero-order valence-electron chi connectivity index (χ0n) is 15.1. The van der Waals surface area contributed by atoms with Gasteiger partial charge in [0.2, 0.25) is 5.91 Å². The average molecular weight is 368 g/mol. The highest BCUT2D eigenvalue weighted by Crippen LogP contribution is 2.26. The van der Waals surface area contributed by atoms with Crippen LogP contribution in [0.2, 0.25) is 0 Å². The van der Waals surface area contributed by atoms with Crippen molar-refractivity contribution in [3.8, 4) is 0 Å². The van der Waals surface area contributed by atoms with Gasteiger partial charge in [-0.1, -0.05) is 0 Å². The van der Waals surface area contributed by atoms with Crippen LogP contribution in [0.4, 0.5) is 5.69 Å². The quantitative estimate of drug-likeness (QED) is 0.751. The van der Waals surface area contributed by atoms with Gasteiger partial charge in [0.1, 0.15) is 6.10 Å². The molecule has 0 bridgehead atoms. The van der Waals surface area contributed by atoms with E-state index in [0.29, 0.717) is 0 Å². The lowest BCUT2D eigenvalue weighted by Crippen LogP contribution is -2.34. The fraction of sp³-hybridized carbons (Fsp3) is 0.529. The topological polar surface area (TPSA) is 84.0 Å². The molecule has 1 aliphatic rings. The van der Waals surface area contributed by atoms with Gasteiger partial charge in [-0.25, -0.2) is 12.7 Å². The van der Waals surface area contributed by atoms with E-state index in [1.807, 2.05) is 19.0 Å². The van der Waals surface area contributed by atoms with Gasteiger partial charge in [-0.15, -0.1) is 0 Å². The van der Waals surface area contributed by atoms with Gasteiger partial charge in [0.15, 0.2) is 0 Å². The number of anilines is 1. The molecule has 1 unspecified atom stereocenters. The minimum Gasteiger partial charge on any atom is -0.459 e. The zero-order valence-corrected chi connectivity index (χ0v) is 16.0. The number of rotatable bonds is 4. The molecule has 138 valence electrons. The number of hydrogen-bond acceptors (Lipinski definition) is 6. The van der Waals surface area contributed by atoms with Crippen molar-refractivity contribution in [1.82, 2.24) is 4.31 Å². The number of carbonyl (C=O) groups excluding carboxylic acids is 2. The predicted molar refractivity (Wildman–Crippen MR) is 93.6 cm³/mol. The molecule has 1 saturated heterocycles. The van der Waals surface area contributed by atoms with Crippen molar-refractivity contribution >= 4 is 27.6 Å². The highest BCUT2D eigenvalue weighted by Gasteiger charge is 2.41. The van der Waals surface area contributed by atoms with E-state index >= 15 is 0 Å². The summed E-state index contributed by atoms with van der Waals surface area (Å²) in [5, 5.41) is 0. The molecule has 8 heteroatoms. The number of carbonyl (C=O) groups is 2. The van der Waals surface area contributed by atoms with Gasteiger partial charge >= 0.3 is 5.97 Å².